The van der Waals surface area contributed by atoms with Gasteiger partial charge in [-0.25, -0.2) is 0 Å². The highest BCUT2D eigenvalue weighted by Gasteiger charge is 2.11. The van der Waals surface area contributed by atoms with E-state index in [2.05, 4.69) is 0 Å². The van der Waals surface area contributed by atoms with E-state index < -0.39 is 0 Å². The van der Waals surface area contributed by atoms with Crippen molar-refractivity contribution in [1.82, 2.24) is 4.57 Å². The van der Waals surface area contributed by atoms with Crippen molar-refractivity contribution in [1.29, 1.82) is 0 Å². The zero-order valence-corrected chi connectivity index (χ0v) is 12.2. The summed E-state index contributed by atoms with van der Waals surface area (Å²) < 4.78 is 6.87. The molecule has 1 heterocycles. The van der Waals surface area contributed by atoms with Gasteiger partial charge in [-0.2, -0.15) is 0 Å². The van der Waals surface area contributed by atoms with Crippen molar-refractivity contribution in [2.45, 2.75) is 13.3 Å². The van der Waals surface area contributed by atoms with Crippen molar-refractivity contribution in [2.24, 2.45) is 0 Å². The molecular formula is C18H17NO2. The van der Waals surface area contributed by atoms with Crippen LogP contribution in [-0.2, 0) is 6.42 Å². The van der Waals surface area contributed by atoms with Gasteiger partial charge in [-0.3, -0.25) is 9.36 Å². The van der Waals surface area contributed by atoms with Gasteiger partial charge in [0.25, 0.3) is 0 Å². The van der Waals surface area contributed by atoms with Crippen LogP contribution in [0.5, 0.6) is 5.75 Å². The quantitative estimate of drug-likeness (QED) is 0.729. The highest BCUT2D eigenvalue weighted by molar-refractivity contribution is 5.95. The first kappa shape index (κ1) is 13.4. The molecule has 0 radical (unpaired) electrons. The molecular weight excluding hydrogens is 262 g/mol. The number of fused-ring (bicyclic) bond motifs is 1. The number of carbonyl (C=O) groups excluding carboxylic acids is 1. The lowest BCUT2D eigenvalue weighted by Gasteiger charge is -2.05. The molecule has 0 aliphatic rings. The number of hydrogen-bond donors (Lipinski definition) is 0. The maximum Gasteiger partial charge on any atom is 0.235 e. The largest absolute Gasteiger partial charge is 0.497 e. The summed E-state index contributed by atoms with van der Waals surface area (Å²) in [6.45, 7) is 2.03. The van der Waals surface area contributed by atoms with Gasteiger partial charge in [0.05, 0.1) is 19.0 Å². The number of aromatic nitrogens is 1. The lowest BCUT2D eigenvalue weighted by molar-refractivity contribution is 0.0919. The van der Waals surface area contributed by atoms with Gasteiger partial charge in [0.1, 0.15) is 5.75 Å². The lowest BCUT2D eigenvalue weighted by Crippen LogP contribution is -2.12. The smallest absolute Gasteiger partial charge is 0.235 e. The van der Waals surface area contributed by atoms with Crippen LogP contribution in [0.3, 0.4) is 0 Å². The number of ether oxygens (including phenoxy) is 1. The number of aryl methyl sites for hydroxylation is 1. The maximum atomic E-state index is 12.5. The van der Waals surface area contributed by atoms with Crippen LogP contribution in [0, 0.1) is 6.92 Å². The molecule has 0 saturated heterocycles. The molecule has 0 spiro atoms. The lowest BCUT2D eigenvalue weighted by atomic mass is 10.1. The zero-order valence-electron chi connectivity index (χ0n) is 12.2. The summed E-state index contributed by atoms with van der Waals surface area (Å²) in [5.74, 6) is 0.873. The fourth-order valence-electron chi connectivity index (χ4n) is 2.56. The fraction of sp³-hybridized carbons (Fsp3) is 0.167. The van der Waals surface area contributed by atoms with Crippen molar-refractivity contribution in [3.63, 3.8) is 0 Å². The summed E-state index contributed by atoms with van der Waals surface area (Å²) in [6, 6.07) is 15.6. The zero-order chi connectivity index (χ0) is 14.8. The molecule has 0 aliphatic carbocycles. The number of rotatable bonds is 3. The summed E-state index contributed by atoms with van der Waals surface area (Å²) in [5.41, 5.74) is 3.07. The molecule has 3 aromatic rings. The van der Waals surface area contributed by atoms with Gasteiger partial charge >= 0.3 is 0 Å². The third kappa shape index (κ3) is 2.55. The van der Waals surface area contributed by atoms with Gasteiger partial charge in [0, 0.05) is 11.6 Å². The number of para-hydroxylation sites is 1. The van der Waals surface area contributed by atoms with Crippen LogP contribution in [0.1, 0.15) is 15.9 Å². The number of hydrogen-bond acceptors (Lipinski definition) is 2. The van der Waals surface area contributed by atoms with Crippen LogP contribution < -0.4 is 4.74 Å². The number of nitrogens with zero attached hydrogens (tertiary/aromatic N) is 1. The predicted octanol–water partition coefficient (Wildman–Crippen LogP) is 3.84. The van der Waals surface area contributed by atoms with E-state index in [1.54, 1.807) is 11.7 Å². The number of benzene rings is 2. The van der Waals surface area contributed by atoms with Crippen molar-refractivity contribution >= 4 is 16.8 Å². The maximum absolute atomic E-state index is 12.5. The Morgan fingerprint density at radius 3 is 2.52 bits per heavy atom. The second kappa shape index (κ2) is 5.44. The van der Waals surface area contributed by atoms with Gasteiger partial charge in [-0.1, -0.05) is 30.3 Å². The van der Waals surface area contributed by atoms with Crippen LogP contribution in [-0.4, -0.2) is 17.6 Å². The van der Waals surface area contributed by atoms with E-state index >= 15 is 0 Å². The average molecular weight is 279 g/mol. The molecule has 106 valence electrons. The minimum Gasteiger partial charge on any atom is -0.497 e. The third-order valence-corrected chi connectivity index (χ3v) is 3.69. The van der Waals surface area contributed by atoms with E-state index in [0.29, 0.717) is 6.42 Å². The summed E-state index contributed by atoms with van der Waals surface area (Å²) in [4.78, 5) is 12.5. The van der Waals surface area contributed by atoms with Gasteiger partial charge in [-0.05, 0) is 36.2 Å². The molecule has 3 nitrogen and oxygen atoms in total. The highest BCUT2D eigenvalue weighted by atomic mass is 16.5. The van der Waals surface area contributed by atoms with Crippen molar-refractivity contribution in [3.8, 4) is 5.75 Å². The van der Waals surface area contributed by atoms with Crippen LogP contribution in [0.4, 0.5) is 0 Å². The molecule has 0 saturated carbocycles. The molecule has 3 heteroatoms. The minimum atomic E-state index is 0.0736. The Bertz CT molecular complexity index is 785. The van der Waals surface area contributed by atoms with Gasteiger partial charge in [0.15, 0.2) is 0 Å². The molecule has 2 aromatic carbocycles. The Morgan fingerprint density at radius 2 is 1.81 bits per heavy atom. The highest BCUT2D eigenvalue weighted by Crippen LogP contribution is 2.21. The van der Waals surface area contributed by atoms with Crippen LogP contribution in [0.25, 0.3) is 10.9 Å². The van der Waals surface area contributed by atoms with Crippen LogP contribution in [0.2, 0.25) is 0 Å². The predicted molar refractivity (Wildman–Crippen MR) is 84.0 cm³/mol. The van der Waals surface area contributed by atoms with Crippen molar-refractivity contribution in [3.05, 3.63) is 65.9 Å². The summed E-state index contributed by atoms with van der Waals surface area (Å²) in [6.07, 6.45) is 2.29. The normalized spacial score (nSPS) is 10.8. The van der Waals surface area contributed by atoms with E-state index in [4.69, 9.17) is 4.74 Å². The standard InChI is InChI=1S/C18H17NO2/c1-13-12-19(17-6-4-3-5-16(13)17)18(20)11-14-7-9-15(21-2)10-8-14/h3-10,12H,11H2,1-2H3. The van der Waals surface area contributed by atoms with E-state index in [1.165, 1.54) is 0 Å². The first-order valence-corrected chi connectivity index (χ1v) is 6.92. The van der Waals surface area contributed by atoms with E-state index in [1.807, 2.05) is 61.7 Å². The molecule has 3 rings (SSSR count). The monoisotopic (exact) mass is 279 g/mol. The molecule has 0 amide bonds. The molecule has 0 aliphatic heterocycles. The van der Waals surface area contributed by atoms with Gasteiger partial charge < -0.3 is 4.74 Å². The van der Waals surface area contributed by atoms with Crippen LogP contribution >= 0.6 is 0 Å². The second-order valence-electron chi connectivity index (χ2n) is 5.12. The Hall–Kier alpha value is -2.55. The average Bonchev–Trinajstić information content (AvgIpc) is 2.86. The van der Waals surface area contributed by atoms with E-state index in [-0.39, 0.29) is 5.91 Å². The van der Waals surface area contributed by atoms with Gasteiger partial charge in [-0.15, -0.1) is 0 Å². The Kier molecular flexibility index (Phi) is 3.48. The minimum absolute atomic E-state index is 0.0736. The third-order valence-electron chi connectivity index (χ3n) is 3.69. The first-order chi connectivity index (χ1) is 10.2. The molecule has 0 fully saturated rings. The SMILES string of the molecule is COc1ccc(CC(=O)n2cc(C)c3ccccc32)cc1. The van der Waals surface area contributed by atoms with Gasteiger partial charge in [0.2, 0.25) is 5.91 Å². The van der Waals surface area contributed by atoms with Crippen LogP contribution in [0.15, 0.2) is 54.7 Å². The number of carbonyl (C=O) groups is 1. The summed E-state index contributed by atoms with van der Waals surface area (Å²) in [7, 11) is 1.63. The molecule has 0 bridgehead atoms. The topological polar surface area (TPSA) is 31.2 Å². The van der Waals surface area contributed by atoms with Crippen molar-refractivity contribution < 1.29 is 9.53 Å². The van der Waals surface area contributed by atoms with E-state index in [0.717, 1.165) is 27.8 Å². The molecule has 0 N–H and O–H groups in total. The number of methoxy groups -OCH3 is 1. The Balaban J connectivity index is 1.90. The van der Waals surface area contributed by atoms with E-state index in [9.17, 15) is 4.79 Å². The molecule has 0 unspecified atom stereocenters. The first-order valence-electron chi connectivity index (χ1n) is 6.92. The summed E-state index contributed by atoms with van der Waals surface area (Å²) >= 11 is 0. The molecule has 21 heavy (non-hydrogen) atoms. The van der Waals surface area contributed by atoms with Crippen molar-refractivity contribution in [2.75, 3.05) is 7.11 Å². The molecule has 1 aromatic heterocycles. The fourth-order valence-corrected chi connectivity index (χ4v) is 2.56. The Morgan fingerprint density at radius 1 is 1.10 bits per heavy atom. The summed E-state index contributed by atoms with van der Waals surface area (Å²) in [5, 5.41) is 1.13. The second-order valence-corrected chi connectivity index (χ2v) is 5.12. The Labute approximate surface area is 123 Å². The molecule has 0 atom stereocenters.